The number of amides is 1. The summed E-state index contributed by atoms with van der Waals surface area (Å²) in [5.74, 6) is 0. The van der Waals surface area contributed by atoms with Gasteiger partial charge in [0.25, 0.3) is 0 Å². The third-order valence-electron chi connectivity index (χ3n) is 6.12. The molecule has 1 aliphatic carbocycles. The Morgan fingerprint density at radius 3 is 2.42 bits per heavy atom. The number of nitrogens with one attached hydrogen (secondary N) is 1. The standard InChI is InChI=1S/C25H22BrN3O2/c1-16-14-20(26)23-27-21(22(29(23)15-16)18-6-3-2-4-7-18)17-8-10-19(11-9-17)25(12-5-13-25)28-24(30)31/h2-4,6-11,14-15,28H,5,12-13H2,1H3,(H,30,31). The zero-order valence-corrected chi connectivity index (χ0v) is 18.7. The summed E-state index contributed by atoms with van der Waals surface area (Å²) in [7, 11) is 0. The van der Waals surface area contributed by atoms with Crippen LogP contribution in [0.1, 0.15) is 30.4 Å². The lowest BCUT2D eigenvalue weighted by molar-refractivity contribution is 0.144. The van der Waals surface area contributed by atoms with Crippen LogP contribution in [0.25, 0.3) is 28.2 Å². The van der Waals surface area contributed by atoms with Gasteiger partial charge in [0.2, 0.25) is 0 Å². The molecule has 1 fully saturated rings. The lowest BCUT2D eigenvalue weighted by Crippen LogP contribution is -2.50. The Morgan fingerprint density at radius 1 is 1.10 bits per heavy atom. The van der Waals surface area contributed by atoms with Crippen molar-refractivity contribution in [2.45, 2.75) is 31.7 Å². The number of nitrogens with zero attached hydrogens (tertiary/aromatic N) is 2. The minimum Gasteiger partial charge on any atom is -0.465 e. The predicted molar refractivity (Wildman–Crippen MR) is 125 cm³/mol. The van der Waals surface area contributed by atoms with E-state index in [2.05, 4.69) is 57.0 Å². The highest BCUT2D eigenvalue weighted by atomic mass is 79.9. The number of rotatable bonds is 4. The number of carboxylic acid groups (broad SMARTS) is 1. The fourth-order valence-corrected chi connectivity index (χ4v) is 5.11. The van der Waals surface area contributed by atoms with E-state index in [4.69, 9.17) is 4.98 Å². The third-order valence-corrected chi connectivity index (χ3v) is 6.71. The molecule has 31 heavy (non-hydrogen) atoms. The Morgan fingerprint density at radius 2 is 1.81 bits per heavy atom. The minimum absolute atomic E-state index is 0.467. The van der Waals surface area contributed by atoms with E-state index in [1.54, 1.807) is 0 Å². The quantitative estimate of drug-likeness (QED) is 0.359. The van der Waals surface area contributed by atoms with E-state index in [9.17, 15) is 9.90 Å². The number of carbonyl (C=O) groups is 1. The first-order valence-corrected chi connectivity index (χ1v) is 11.1. The van der Waals surface area contributed by atoms with E-state index in [0.717, 1.165) is 63.0 Å². The van der Waals surface area contributed by atoms with Crippen LogP contribution in [0.3, 0.4) is 0 Å². The number of hydrogen-bond acceptors (Lipinski definition) is 2. The van der Waals surface area contributed by atoms with Crippen molar-refractivity contribution in [3.8, 4) is 22.5 Å². The van der Waals surface area contributed by atoms with Crippen molar-refractivity contribution in [3.05, 3.63) is 82.5 Å². The number of aryl methyl sites for hydroxylation is 1. The molecule has 156 valence electrons. The van der Waals surface area contributed by atoms with Crippen LogP contribution in [0.5, 0.6) is 0 Å². The van der Waals surface area contributed by atoms with Crippen LogP contribution in [0.2, 0.25) is 0 Å². The largest absolute Gasteiger partial charge is 0.465 e. The minimum atomic E-state index is -0.976. The summed E-state index contributed by atoms with van der Waals surface area (Å²) in [6.45, 7) is 2.07. The number of imidazole rings is 1. The van der Waals surface area contributed by atoms with Crippen LogP contribution in [0.15, 0.2) is 71.3 Å². The summed E-state index contributed by atoms with van der Waals surface area (Å²) in [4.78, 5) is 16.3. The average molecular weight is 476 g/mol. The first kappa shape index (κ1) is 19.8. The molecule has 6 heteroatoms. The van der Waals surface area contributed by atoms with Gasteiger partial charge >= 0.3 is 6.09 Å². The van der Waals surface area contributed by atoms with Gasteiger partial charge in [0.1, 0.15) is 0 Å². The van der Waals surface area contributed by atoms with E-state index in [-0.39, 0.29) is 0 Å². The van der Waals surface area contributed by atoms with Gasteiger partial charge in [-0.25, -0.2) is 9.78 Å². The monoisotopic (exact) mass is 475 g/mol. The molecule has 4 aromatic rings. The smallest absolute Gasteiger partial charge is 0.405 e. The number of aromatic nitrogens is 2. The Hall–Kier alpha value is -3.12. The summed E-state index contributed by atoms with van der Waals surface area (Å²) in [5, 5.41) is 12.0. The second-order valence-corrected chi connectivity index (χ2v) is 9.03. The van der Waals surface area contributed by atoms with Crippen LogP contribution in [-0.2, 0) is 5.54 Å². The van der Waals surface area contributed by atoms with Crippen LogP contribution in [0, 0.1) is 6.92 Å². The topological polar surface area (TPSA) is 66.6 Å². The molecule has 0 saturated heterocycles. The van der Waals surface area contributed by atoms with Crippen molar-refractivity contribution in [1.29, 1.82) is 0 Å². The normalized spacial score (nSPS) is 14.9. The molecule has 2 heterocycles. The number of benzene rings is 2. The average Bonchev–Trinajstić information content (AvgIpc) is 3.11. The number of hydrogen-bond donors (Lipinski definition) is 2. The third kappa shape index (κ3) is 3.41. The fraction of sp³-hybridized carbons (Fsp3) is 0.200. The molecule has 0 bridgehead atoms. The molecule has 1 saturated carbocycles. The second-order valence-electron chi connectivity index (χ2n) is 8.18. The van der Waals surface area contributed by atoms with E-state index >= 15 is 0 Å². The predicted octanol–water partition coefficient (Wildman–Crippen LogP) is 6.39. The molecule has 0 spiro atoms. The van der Waals surface area contributed by atoms with Gasteiger partial charge in [-0.2, -0.15) is 0 Å². The molecule has 2 aromatic carbocycles. The highest BCUT2D eigenvalue weighted by Crippen LogP contribution is 2.42. The molecule has 0 aliphatic heterocycles. The second kappa shape index (κ2) is 7.54. The van der Waals surface area contributed by atoms with Gasteiger partial charge in [-0.1, -0.05) is 54.6 Å². The number of halogens is 1. The first-order valence-electron chi connectivity index (χ1n) is 10.3. The van der Waals surface area contributed by atoms with Crippen molar-refractivity contribution < 1.29 is 9.90 Å². The van der Waals surface area contributed by atoms with Gasteiger partial charge < -0.3 is 10.4 Å². The molecule has 0 unspecified atom stereocenters. The molecular weight excluding hydrogens is 454 g/mol. The molecule has 1 aliphatic rings. The van der Waals surface area contributed by atoms with E-state index in [1.807, 2.05) is 42.5 Å². The molecule has 2 aromatic heterocycles. The zero-order chi connectivity index (χ0) is 21.6. The van der Waals surface area contributed by atoms with Gasteiger partial charge in [-0.05, 0) is 59.3 Å². The maximum absolute atomic E-state index is 11.3. The Kier molecular flexibility index (Phi) is 4.82. The summed E-state index contributed by atoms with van der Waals surface area (Å²) in [5.41, 5.74) is 6.58. The van der Waals surface area contributed by atoms with Crippen LogP contribution in [-0.4, -0.2) is 20.6 Å². The molecule has 5 rings (SSSR count). The molecule has 5 nitrogen and oxygen atoms in total. The van der Waals surface area contributed by atoms with E-state index < -0.39 is 11.6 Å². The lowest BCUT2D eigenvalue weighted by Gasteiger charge is -2.42. The molecule has 1 amide bonds. The summed E-state index contributed by atoms with van der Waals surface area (Å²) < 4.78 is 3.09. The highest BCUT2D eigenvalue weighted by molar-refractivity contribution is 9.10. The lowest BCUT2D eigenvalue weighted by atomic mass is 9.72. The van der Waals surface area contributed by atoms with Gasteiger partial charge in [0.15, 0.2) is 5.65 Å². The highest BCUT2D eigenvalue weighted by Gasteiger charge is 2.40. The van der Waals surface area contributed by atoms with E-state index in [0.29, 0.717) is 0 Å². The molecule has 0 atom stereocenters. The number of fused-ring (bicyclic) bond motifs is 1. The molecular formula is C25H22BrN3O2. The Balaban J connectivity index is 1.65. The fourth-order valence-electron chi connectivity index (χ4n) is 4.47. The first-order chi connectivity index (χ1) is 15.0. The Labute approximate surface area is 188 Å². The maximum Gasteiger partial charge on any atom is 0.405 e. The molecule has 0 radical (unpaired) electrons. The SMILES string of the molecule is Cc1cc(Br)c2nc(-c3ccc(C4(NC(=O)O)CCC4)cc3)c(-c3ccccc3)n2c1. The number of pyridine rings is 1. The van der Waals surface area contributed by atoms with Gasteiger partial charge in [0.05, 0.1) is 21.4 Å². The van der Waals surface area contributed by atoms with Crippen molar-refractivity contribution in [2.24, 2.45) is 0 Å². The summed E-state index contributed by atoms with van der Waals surface area (Å²) >= 11 is 3.67. The zero-order valence-electron chi connectivity index (χ0n) is 17.1. The van der Waals surface area contributed by atoms with Crippen molar-refractivity contribution >= 4 is 27.7 Å². The van der Waals surface area contributed by atoms with Crippen LogP contribution < -0.4 is 5.32 Å². The van der Waals surface area contributed by atoms with Crippen LogP contribution >= 0.6 is 15.9 Å². The summed E-state index contributed by atoms with van der Waals surface area (Å²) in [6.07, 6.45) is 3.81. The van der Waals surface area contributed by atoms with Crippen LogP contribution in [0.4, 0.5) is 4.79 Å². The van der Waals surface area contributed by atoms with Crippen molar-refractivity contribution in [2.75, 3.05) is 0 Å². The van der Waals surface area contributed by atoms with E-state index in [1.165, 1.54) is 0 Å². The van der Waals surface area contributed by atoms with Gasteiger partial charge in [0, 0.05) is 17.3 Å². The van der Waals surface area contributed by atoms with Crippen molar-refractivity contribution in [3.63, 3.8) is 0 Å². The molecule has 2 N–H and O–H groups in total. The Bertz CT molecular complexity index is 1280. The van der Waals surface area contributed by atoms with Gasteiger partial charge in [-0.3, -0.25) is 4.40 Å². The summed E-state index contributed by atoms with van der Waals surface area (Å²) in [6, 6.07) is 20.5. The van der Waals surface area contributed by atoms with Crippen molar-refractivity contribution in [1.82, 2.24) is 14.7 Å². The van der Waals surface area contributed by atoms with Gasteiger partial charge in [-0.15, -0.1) is 0 Å². The maximum atomic E-state index is 11.3.